The van der Waals surface area contributed by atoms with E-state index in [0.717, 1.165) is 51.4 Å². The highest BCUT2D eigenvalue weighted by molar-refractivity contribution is 7.47. The van der Waals surface area contributed by atoms with Gasteiger partial charge in [0.05, 0.1) is 26.4 Å². The second-order valence-electron chi connectivity index (χ2n) is 13.1. The number of phosphoric ester groups is 1. The normalized spacial score (nSPS) is 14.2. The molecule has 0 saturated heterocycles. The number of phosphoric acid groups is 1. The molecule has 0 spiro atoms. The number of hydrogen-bond acceptors (Lipinski definition) is 7. The highest BCUT2D eigenvalue weighted by Gasteiger charge is 2.25. The molecule has 9 heteroatoms. The third-order valence-corrected chi connectivity index (χ3v) is 9.20. The smallest absolute Gasteiger partial charge is 0.457 e. The molecule has 2 unspecified atom stereocenters. The van der Waals surface area contributed by atoms with Gasteiger partial charge in [-0.05, 0) is 44.9 Å². The first-order chi connectivity index (χ1) is 24.9. The van der Waals surface area contributed by atoms with Crippen molar-refractivity contribution in [3.8, 4) is 0 Å². The van der Waals surface area contributed by atoms with Gasteiger partial charge in [-0.15, -0.1) is 0 Å². The largest absolute Gasteiger partial charge is 0.472 e. The van der Waals surface area contributed by atoms with Crippen LogP contribution in [0.4, 0.5) is 0 Å². The molecule has 0 fully saturated rings. The number of hydrogen-bond donors (Lipinski definition) is 2. The summed E-state index contributed by atoms with van der Waals surface area (Å²) in [6.07, 6.45) is 46.9. The minimum Gasteiger partial charge on any atom is -0.457 e. The number of nitrogens with two attached hydrogens (primary N) is 1. The molecule has 0 radical (unpaired) electrons. The van der Waals surface area contributed by atoms with Crippen molar-refractivity contribution in [1.29, 1.82) is 0 Å². The molecular formula is C42H76NO7P. The molecule has 3 N–H and O–H groups in total. The topological polar surface area (TPSA) is 117 Å². The molecule has 0 amide bonds. The fourth-order valence-electron chi connectivity index (χ4n) is 5.30. The second kappa shape index (κ2) is 39.4. The van der Waals surface area contributed by atoms with E-state index in [1.54, 1.807) is 0 Å². The average Bonchev–Trinajstić information content (AvgIpc) is 3.12. The highest BCUT2D eigenvalue weighted by Crippen LogP contribution is 2.43. The van der Waals surface area contributed by atoms with Crippen LogP contribution in [0.1, 0.15) is 162 Å². The van der Waals surface area contributed by atoms with Crippen LogP contribution in [0.3, 0.4) is 0 Å². The summed E-state index contributed by atoms with van der Waals surface area (Å²) in [7, 11) is -4.29. The lowest BCUT2D eigenvalue weighted by Crippen LogP contribution is -2.28. The van der Waals surface area contributed by atoms with Crippen LogP contribution in [-0.2, 0) is 27.9 Å². The lowest BCUT2D eigenvalue weighted by Gasteiger charge is -2.19. The Balaban J connectivity index is 4.17. The first kappa shape index (κ1) is 49.2. The zero-order chi connectivity index (χ0) is 37.4. The first-order valence-corrected chi connectivity index (χ1v) is 21.8. The van der Waals surface area contributed by atoms with Gasteiger partial charge in [-0.2, -0.15) is 0 Å². The quantitative estimate of drug-likeness (QED) is 0.0278. The lowest BCUT2D eigenvalue weighted by molar-refractivity contribution is -0.154. The van der Waals surface area contributed by atoms with Gasteiger partial charge in [0.25, 0.3) is 0 Å². The maximum Gasteiger partial charge on any atom is 0.472 e. The summed E-state index contributed by atoms with van der Waals surface area (Å²) in [6.45, 7) is 4.58. The van der Waals surface area contributed by atoms with E-state index in [1.165, 1.54) is 83.5 Å². The van der Waals surface area contributed by atoms with Gasteiger partial charge in [0.15, 0.2) is 0 Å². The fourth-order valence-corrected chi connectivity index (χ4v) is 6.06. The number of carbonyl (C=O) groups excluding carboxylic acids is 1. The van der Waals surface area contributed by atoms with Gasteiger partial charge in [0, 0.05) is 13.0 Å². The molecule has 0 aliphatic rings. The summed E-state index contributed by atoms with van der Waals surface area (Å²) >= 11 is 0. The molecule has 0 saturated carbocycles. The monoisotopic (exact) mass is 738 g/mol. The molecule has 0 bridgehead atoms. The molecule has 296 valence electrons. The molecule has 8 nitrogen and oxygen atoms in total. The Morgan fingerprint density at radius 2 is 1.06 bits per heavy atom. The Hall–Kier alpha value is -1.80. The van der Waals surface area contributed by atoms with E-state index in [0.29, 0.717) is 19.4 Å². The van der Waals surface area contributed by atoms with Crippen molar-refractivity contribution in [1.82, 2.24) is 0 Å². The highest BCUT2D eigenvalue weighted by atomic mass is 31.2. The predicted molar refractivity (Wildman–Crippen MR) is 215 cm³/mol. The Bertz CT molecular complexity index is 963. The summed E-state index contributed by atoms with van der Waals surface area (Å²) < 4.78 is 33.2. The Morgan fingerprint density at radius 1 is 0.608 bits per heavy atom. The van der Waals surface area contributed by atoms with Crippen LogP contribution >= 0.6 is 7.82 Å². The number of unbranched alkanes of at least 4 members (excludes halogenated alkanes) is 15. The van der Waals surface area contributed by atoms with Gasteiger partial charge in [-0.3, -0.25) is 13.8 Å². The number of ether oxygens (including phenoxy) is 2. The summed E-state index contributed by atoms with van der Waals surface area (Å²) in [5, 5.41) is 0. The summed E-state index contributed by atoms with van der Waals surface area (Å²) in [5.74, 6) is -0.356. The van der Waals surface area contributed by atoms with Crippen LogP contribution in [0.25, 0.3) is 0 Å². The van der Waals surface area contributed by atoms with E-state index in [4.69, 9.17) is 24.3 Å². The molecule has 0 heterocycles. The fraction of sp³-hybridized carbons (Fsp3) is 0.738. The van der Waals surface area contributed by atoms with E-state index in [-0.39, 0.29) is 32.3 Å². The molecule has 2 atom stereocenters. The standard InChI is InChI=1S/C42H76NO7P/c1-3-5-7-9-11-13-15-17-19-21-23-25-27-29-31-33-35-42(44)50-41(40-49-51(45,46)48-38-36-43)39-47-37-34-32-30-28-26-24-22-20-18-16-14-12-10-8-6-4-2/h6,8,12,14,18,20,24,26,30,32,41H,3-5,7,9-11,13,15-17,19,21-23,25,27-29,31,33-40,43H2,1-2H3,(H,45,46)/b8-6-,14-12-,20-18-,26-24-,32-30-. The van der Waals surface area contributed by atoms with Gasteiger partial charge in [0.2, 0.25) is 0 Å². The molecule has 0 aliphatic carbocycles. The SMILES string of the molecule is CC/C=C\C/C=C\C/C=C\C/C=C\C/C=C\CCOCC(COP(=O)(O)OCCN)OC(=O)CCCCCCCCCCCCCCCCCC. The van der Waals surface area contributed by atoms with E-state index >= 15 is 0 Å². The van der Waals surface area contributed by atoms with E-state index in [9.17, 15) is 14.3 Å². The molecule has 0 aliphatic heterocycles. The maximum absolute atomic E-state index is 12.6. The lowest BCUT2D eigenvalue weighted by atomic mass is 10.0. The van der Waals surface area contributed by atoms with Crippen LogP contribution in [0.15, 0.2) is 60.8 Å². The Kier molecular flexibility index (Phi) is 38.0. The van der Waals surface area contributed by atoms with Crippen LogP contribution < -0.4 is 5.73 Å². The molecule has 51 heavy (non-hydrogen) atoms. The van der Waals surface area contributed by atoms with Crippen molar-refractivity contribution < 1.29 is 32.8 Å². The summed E-state index contributed by atoms with van der Waals surface area (Å²) in [4.78, 5) is 22.4. The summed E-state index contributed by atoms with van der Waals surface area (Å²) in [5.41, 5.74) is 5.35. The van der Waals surface area contributed by atoms with Crippen molar-refractivity contribution in [2.75, 3.05) is 33.0 Å². The van der Waals surface area contributed by atoms with Crippen molar-refractivity contribution in [3.05, 3.63) is 60.8 Å². The third kappa shape index (κ3) is 39.2. The minimum absolute atomic E-state index is 0.0618. The zero-order valence-electron chi connectivity index (χ0n) is 32.6. The van der Waals surface area contributed by atoms with Gasteiger partial charge in [-0.1, -0.05) is 171 Å². The molecule has 0 aromatic rings. The summed E-state index contributed by atoms with van der Waals surface area (Å²) in [6, 6.07) is 0. The van der Waals surface area contributed by atoms with Gasteiger partial charge in [0.1, 0.15) is 6.10 Å². The third-order valence-electron chi connectivity index (χ3n) is 8.22. The van der Waals surface area contributed by atoms with Gasteiger partial charge in [-0.25, -0.2) is 4.57 Å². The molecule has 0 aromatic heterocycles. The predicted octanol–water partition coefficient (Wildman–Crippen LogP) is 11.8. The van der Waals surface area contributed by atoms with Crippen LogP contribution in [-0.4, -0.2) is 49.9 Å². The molecule has 0 rings (SSSR count). The van der Waals surface area contributed by atoms with Crippen LogP contribution in [0.5, 0.6) is 0 Å². The van der Waals surface area contributed by atoms with E-state index in [1.807, 2.05) is 0 Å². The minimum atomic E-state index is -4.29. The number of allylic oxidation sites excluding steroid dienone is 9. The Morgan fingerprint density at radius 3 is 1.53 bits per heavy atom. The van der Waals surface area contributed by atoms with Crippen LogP contribution in [0.2, 0.25) is 0 Å². The number of esters is 1. The molecular weight excluding hydrogens is 661 g/mol. The maximum atomic E-state index is 12.6. The van der Waals surface area contributed by atoms with E-state index in [2.05, 4.69) is 74.6 Å². The van der Waals surface area contributed by atoms with Gasteiger partial charge < -0.3 is 20.1 Å². The number of carbonyl (C=O) groups is 1. The van der Waals surface area contributed by atoms with Crippen molar-refractivity contribution in [2.45, 2.75) is 168 Å². The number of rotatable bonds is 38. The molecule has 0 aromatic carbocycles. The van der Waals surface area contributed by atoms with Crippen molar-refractivity contribution >= 4 is 13.8 Å². The van der Waals surface area contributed by atoms with Crippen molar-refractivity contribution in [2.24, 2.45) is 5.73 Å². The average molecular weight is 738 g/mol. The van der Waals surface area contributed by atoms with Crippen LogP contribution in [0, 0.1) is 0 Å². The second-order valence-corrected chi connectivity index (χ2v) is 14.6. The first-order valence-electron chi connectivity index (χ1n) is 20.3. The van der Waals surface area contributed by atoms with Gasteiger partial charge >= 0.3 is 13.8 Å². The zero-order valence-corrected chi connectivity index (χ0v) is 33.5. The van der Waals surface area contributed by atoms with Crippen molar-refractivity contribution in [3.63, 3.8) is 0 Å². The van der Waals surface area contributed by atoms with E-state index < -0.39 is 13.9 Å². The Labute approximate surface area is 313 Å².